The number of hydrogen-bond acceptors (Lipinski definition) is 6. The van der Waals surface area contributed by atoms with Crippen LogP contribution in [0.5, 0.6) is 0 Å². The predicted molar refractivity (Wildman–Crippen MR) is 97.2 cm³/mol. The second kappa shape index (κ2) is 6.84. The van der Waals surface area contributed by atoms with Gasteiger partial charge in [0.2, 0.25) is 0 Å². The van der Waals surface area contributed by atoms with E-state index >= 15 is 0 Å². The molecule has 0 saturated carbocycles. The lowest BCUT2D eigenvalue weighted by Gasteiger charge is -2.55. The fourth-order valence-corrected chi connectivity index (χ4v) is 4.26. The number of alkyl halides is 2. The molecule has 0 aromatic carbocycles. The number of ether oxygens (including phenoxy) is 1. The van der Waals surface area contributed by atoms with Crippen LogP contribution in [0.3, 0.4) is 0 Å². The summed E-state index contributed by atoms with van der Waals surface area (Å²) >= 11 is 1.24. The predicted octanol–water partition coefficient (Wildman–Crippen LogP) is 3.11. The van der Waals surface area contributed by atoms with Gasteiger partial charge in [0.15, 0.2) is 0 Å². The molecular weight excluding hydrogens is 346 g/mol. The Morgan fingerprint density at radius 1 is 1.40 bits per heavy atom. The van der Waals surface area contributed by atoms with Crippen molar-refractivity contribution in [3.8, 4) is 0 Å². The first kappa shape index (κ1) is 18.0. The molecule has 8 heteroatoms. The molecule has 134 valence electrons. The third-order valence-electron chi connectivity index (χ3n) is 4.55. The minimum absolute atomic E-state index is 0.138. The molecule has 3 aliphatic rings. The summed E-state index contributed by atoms with van der Waals surface area (Å²) in [4.78, 5) is 6.92. The van der Waals surface area contributed by atoms with Crippen molar-refractivity contribution in [1.29, 1.82) is 10.8 Å². The number of halogens is 2. The first-order chi connectivity index (χ1) is 11.9. The van der Waals surface area contributed by atoms with Crippen LogP contribution in [0, 0.1) is 16.2 Å². The summed E-state index contributed by atoms with van der Waals surface area (Å²) in [5.74, 6) is 0. The lowest BCUT2D eigenvalue weighted by molar-refractivity contribution is -0.176. The van der Waals surface area contributed by atoms with Gasteiger partial charge < -0.3 is 9.64 Å². The molecule has 0 aromatic rings. The van der Waals surface area contributed by atoms with Gasteiger partial charge >= 0.3 is 0 Å². The molecule has 0 radical (unpaired) electrons. The lowest BCUT2D eigenvalue weighted by Crippen LogP contribution is -2.64. The second-order valence-corrected chi connectivity index (χ2v) is 7.58. The maximum atomic E-state index is 12.9. The van der Waals surface area contributed by atoms with Crippen molar-refractivity contribution in [2.75, 3.05) is 33.4 Å². The molecule has 3 fully saturated rings. The van der Waals surface area contributed by atoms with E-state index < -0.39 is 12.1 Å². The van der Waals surface area contributed by atoms with E-state index in [4.69, 9.17) is 15.6 Å². The largest absolute Gasteiger partial charge is 0.380 e. The van der Waals surface area contributed by atoms with E-state index in [0.29, 0.717) is 11.1 Å². The summed E-state index contributed by atoms with van der Waals surface area (Å²) in [6.07, 6.45) is 2.43. The van der Waals surface area contributed by atoms with Gasteiger partial charge in [-0.05, 0) is 18.6 Å². The number of likely N-dealkylation sites (tertiary alicyclic amines) is 1. The summed E-state index contributed by atoms with van der Waals surface area (Å²) in [5, 5.41) is 16.0. The van der Waals surface area contributed by atoms with Crippen LogP contribution in [0.1, 0.15) is 6.92 Å². The second-order valence-electron chi connectivity index (χ2n) is 6.52. The van der Waals surface area contributed by atoms with Gasteiger partial charge in [-0.25, -0.2) is 8.78 Å². The number of thioether (sulfide) groups is 1. The molecule has 0 unspecified atom stereocenters. The Morgan fingerprint density at radius 3 is 2.60 bits per heavy atom. The third-order valence-corrected chi connectivity index (χ3v) is 5.51. The highest BCUT2D eigenvalue weighted by atomic mass is 32.2. The highest BCUT2D eigenvalue weighted by molar-refractivity contribution is 8.18. The van der Waals surface area contributed by atoms with E-state index in [1.165, 1.54) is 18.7 Å². The summed E-state index contributed by atoms with van der Waals surface area (Å²) < 4.78 is 31.1. The van der Waals surface area contributed by atoms with E-state index in [-0.39, 0.29) is 16.0 Å². The lowest BCUT2D eigenvalue weighted by atomic mass is 9.78. The Bertz CT molecular complexity index is 727. The van der Waals surface area contributed by atoms with Crippen molar-refractivity contribution < 1.29 is 13.5 Å². The molecule has 0 bridgehead atoms. The van der Waals surface area contributed by atoms with E-state index in [1.54, 1.807) is 19.3 Å². The van der Waals surface area contributed by atoms with Crippen LogP contribution >= 0.6 is 11.8 Å². The number of allylic oxidation sites excluding steroid dienone is 3. The molecular formula is C17H20F2N4OS. The van der Waals surface area contributed by atoms with Crippen molar-refractivity contribution in [3.63, 3.8) is 0 Å². The zero-order valence-corrected chi connectivity index (χ0v) is 14.9. The van der Waals surface area contributed by atoms with Crippen LogP contribution < -0.4 is 0 Å². The van der Waals surface area contributed by atoms with E-state index in [9.17, 15) is 8.78 Å². The Morgan fingerprint density at radius 2 is 2.08 bits per heavy atom. The maximum Gasteiger partial charge on any atom is 0.279 e. The van der Waals surface area contributed by atoms with Crippen molar-refractivity contribution in [1.82, 2.24) is 4.90 Å². The van der Waals surface area contributed by atoms with Gasteiger partial charge in [-0.2, -0.15) is 0 Å². The minimum atomic E-state index is -2.85. The molecule has 25 heavy (non-hydrogen) atoms. The molecule has 5 nitrogen and oxygen atoms in total. The highest BCUT2D eigenvalue weighted by Gasteiger charge is 2.48. The van der Waals surface area contributed by atoms with Crippen LogP contribution in [0.4, 0.5) is 8.78 Å². The summed E-state index contributed by atoms with van der Waals surface area (Å²) in [7, 11) is 1.63. The van der Waals surface area contributed by atoms with Gasteiger partial charge in [-0.3, -0.25) is 15.8 Å². The van der Waals surface area contributed by atoms with Crippen molar-refractivity contribution in [2.24, 2.45) is 10.4 Å². The summed E-state index contributed by atoms with van der Waals surface area (Å²) in [6.45, 7) is 4.87. The Hall–Kier alpha value is -1.80. The standard InChI is InChI=1S/C17H20F2N4OS/c1-10(14(20)15(18)19)13-11(3-4-22-2)12(25-16(13)21)5-23-6-17(7-23)8-24-9-17/h3-5,15,20-21H,6-9H2,1-2H3/b11-3+,12-5-,13-10-,20-14?,21-16?,22-4?. The quantitative estimate of drug-likeness (QED) is 0.751. The fourth-order valence-electron chi connectivity index (χ4n) is 3.19. The highest BCUT2D eigenvalue weighted by Crippen LogP contribution is 2.45. The van der Waals surface area contributed by atoms with Gasteiger partial charge in [0, 0.05) is 48.6 Å². The molecule has 0 aliphatic carbocycles. The Labute approximate surface area is 149 Å². The van der Waals surface area contributed by atoms with E-state index in [0.717, 1.165) is 31.2 Å². The summed E-state index contributed by atoms with van der Waals surface area (Å²) in [6, 6.07) is 0. The van der Waals surface area contributed by atoms with E-state index in [2.05, 4.69) is 9.89 Å². The van der Waals surface area contributed by atoms with Crippen LogP contribution in [-0.2, 0) is 4.74 Å². The van der Waals surface area contributed by atoms with Crippen LogP contribution in [0.15, 0.2) is 38.9 Å². The normalized spacial score (nSPS) is 27.6. The van der Waals surface area contributed by atoms with Crippen molar-refractivity contribution >= 4 is 28.7 Å². The summed E-state index contributed by atoms with van der Waals surface area (Å²) in [5.41, 5.74) is 0.738. The average molecular weight is 366 g/mol. The Kier molecular flexibility index (Phi) is 4.92. The maximum absolute atomic E-state index is 12.9. The van der Waals surface area contributed by atoms with Gasteiger partial charge in [-0.15, -0.1) is 0 Å². The van der Waals surface area contributed by atoms with Gasteiger partial charge in [0.05, 0.1) is 18.6 Å². The number of nitrogens with one attached hydrogen (secondary N) is 2. The van der Waals surface area contributed by atoms with Gasteiger partial charge in [0.1, 0.15) is 10.8 Å². The molecule has 3 saturated heterocycles. The first-order valence-electron chi connectivity index (χ1n) is 7.88. The van der Waals surface area contributed by atoms with Crippen LogP contribution in [0.2, 0.25) is 0 Å². The molecule has 0 amide bonds. The average Bonchev–Trinajstić information content (AvgIpc) is 2.80. The third kappa shape index (κ3) is 3.32. The molecule has 2 N–H and O–H groups in total. The number of hydrogen-bond donors (Lipinski definition) is 2. The fraction of sp³-hybridized carbons (Fsp3) is 0.471. The Balaban J connectivity index is 1.91. The molecule has 0 atom stereocenters. The van der Waals surface area contributed by atoms with Gasteiger partial charge in [-0.1, -0.05) is 11.8 Å². The smallest absolute Gasteiger partial charge is 0.279 e. The van der Waals surface area contributed by atoms with Crippen LogP contribution in [0.25, 0.3) is 0 Å². The molecule has 3 heterocycles. The molecule has 1 spiro atoms. The van der Waals surface area contributed by atoms with Crippen molar-refractivity contribution in [3.05, 3.63) is 33.9 Å². The number of rotatable bonds is 4. The number of aliphatic imine (C=N–C) groups is 1. The van der Waals surface area contributed by atoms with Gasteiger partial charge in [0.25, 0.3) is 6.43 Å². The molecule has 3 rings (SSSR count). The first-order valence-corrected chi connectivity index (χ1v) is 8.70. The molecule has 3 aliphatic heterocycles. The number of nitrogens with zero attached hydrogens (tertiary/aromatic N) is 2. The van der Waals surface area contributed by atoms with Crippen LogP contribution in [-0.4, -0.2) is 61.6 Å². The monoisotopic (exact) mass is 366 g/mol. The van der Waals surface area contributed by atoms with E-state index in [1.807, 2.05) is 6.20 Å². The zero-order valence-electron chi connectivity index (χ0n) is 14.1. The zero-order chi connectivity index (χ0) is 18.2. The minimum Gasteiger partial charge on any atom is -0.380 e. The van der Waals surface area contributed by atoms with Crippen molar-refractivity contribution in [2.45, 2.75) is 13.3 Å². The topological polar surface area (TPSA) is 72.5 Å². The SMILES string of the molecule is CN=C/C=C1C(=C\N2CC3(COC3)C2)\SC(=N)C\1=C(\C)C(=N)C(F)F. The molecule has 0 aromatic heterocycles.